The van der Waals surface area contributed by atoms with Crippen LogP contribution in [0.15, 0.2) is 18.3 Å². The standard InChI is InChI=1S/C15H24N2O/c1-2-9-16-15-8-7-14(10-17-15)12-18-11-13-5-3-4-6-13/h7-8,10,13H,2-6,9,11-12H2,1H3,(H,16,17). The van der Waals surface area contributed by atoms with Gasteiger partial charge in [-0.05, 0) is 36.8 Å². The van der Waals surface area contributed by atoms with Crippen molar-refractivity contribution in [2.75, 3.05) is 18.5 Å². The Balaban J connectivity index is 1.68. The minimum Gasteiger partial charge on any atom is -0.376 e. The van der Waals surface area contributed by atoms with Gasteiger partial charge in [0, 0.05) is 19.3 Å². The Morgan fingerprint density at radius 1 is 1.33 bits per heavy atom. The zero-order chi connectivity index (χ0) is 12.6. The van der Waals surface area contributed by atoms with Gasteiger partial charge in [0.2, 0.25) is 0 Å². The van der Waals surface area contributed by atoms with Gasteiger partial charge in [-0.15, -0.1) is 0 Å². The highest BCUT2D eigenvalue weighted by Crippen LogP contribution is 2.24. The van der Waals surface area contributed by atoms with Crippen molar-refractivity contribution >= 4 is 5.82 Å². The van der Waals surface area contributed by atoms with Crippen molar-refractivity contribution in [2.24, 2.45) is 5.92 Å². The first-order valence-electron chi connectivity index (χ1n) is 7.15. The molecule has 1 saturated carbocycles. The van der Waals surface area contributed by atoms with Gasteiger partial charge in [-0.25, -0.2) is 4.98 Å². The smallest absolute Gasteiger partial charge is 0.125 e. The number of rotatable bonds is 7. The van der Waals surface area contributed by atoms with Crippen LogP contribution in [-0.4, -0.2) is 18.1 Å². The Labute approximate surface area is 110 Å². The molecule has 1 fully saturated rings. The monoisotopic (exact) mass is 248 g/mol. The van der Waals surface area contributed by atoms with E-state index in [9.17, 15) is 0 Å². The number of hydrogen-bond acceptors (Lipinski definition) is 3. The van der Waals surface area contributed by atoms with Crippen LogP contribution in [0.5, 0.6) is 0 Å². The summed E-state index contributed by atoms with van der Waals surface area (Å²) in [4.78, 5) is 4.38. The fraction of sp³-hybridized carbons (Fsp3) is 0.667. The maximum Gasteiger partial charge on any atom is 0.125 e. The van der Waals surface area contributed by atoms with E-state index in [0.717, 1.165) is 36.9 Å². The molecule has 1 N–H and O–H groups in total. The van der Waals surface area contributed by atoms with Crippen LogP contribution in [-0.2, 0) is 11.3 Å². The van der Waals surface area contributed by atoms with Crippen LogP contribution < -0.4 is 5.32 Å². The van der Waals surface area contributed by atoms with E-state index in [4.69, 9.17) is 4.74 Å². The van der Waals surface area contributed by atoms with Crippen molar-refractivity contribution in [1.29, 1.82) is 0 Å². The quantitative estimate of drug-likeness (QED) is 0.800. The number of nitrogens with zero attached hydrogens (tertiary/aromatic N) is 1. The summed E-state index contributed by atoms with van der Waals surface area (Å²) in [7, 11) is 0. The van der Waals surface area contributed by atoms with Crippen LogP contribution in [0.2, 0.25) is 0 Å². The number of nitrogens with one attached hydrogen (secondary N) is 1. The zero-order valence-corrected chi connectivity index (χ0v) is 11.3. The lowest BCUT2D eigenvalue weighted by atomic mass is 10.1. The molecular formula is C15H24N2O. The second kappa shape index (κ2) is 7.37. The van der Waals surface area contributed by atoms with Gasteiger partial charge in [-0.1, -0.05) is 25.8 Å². The lowest BCUT2D eigenvalue weighted by Gasteiger charge is -2.10. The van der Waals surface area contributed by atoms with Crippen LogP contribution in [0.1, 0.15) is 44.6 Å². The molecule has 2 rings (SSSR count). The number of hydrogen-bond donors (Lipinski definition) is 1. The molecule has 0 radical (unpaired) electrons. The van der Waals surface area contributed by atoms with Crippen molar-refractivity contribution in [1.82, 2.24) is 4.98 Å². The van der Waals surface area contributed by atoms with E-state index in [0.29, 0.717) is 6.61 Å². The van der Waals surface area contributed by atoms with Crippen LogP contribution in [0, 0.1) is 5.92 Å². The van der Waals surface area contributed by atoms with Gasteiger partial charge in [0.25, 0.3) is 0 Å². The summed E-state index contributed by atoms with van der Waals surface area (Å²) < 4.78 is 5.76. The van der Waals surface area contributed by atoms with Gasteiger partial charge in [-0.2, -0.15) is 0 Å². The Morgan fingerprint density at radius 2 is 2.17 bits per heavy atom. The van der Waals surface area contributed by atoms with Crippen LogP contribution in [0.3, 0.4) is 0 Å². The zero-order valence-electron chi connectivity index (χ0n) is 11.3. The average molecular weight is 248 g/mol. The predicted octanol–water partition coefficient (Wildman–Crippen LogP) is 3.61. The van der Waals surface area contributed by atoms with Crippen molar-refractivity contribution in [3.05, 3.63) is 23.9 Å². The highest BCUT2D eigenvalue weighted by Gasteiger charge is 2.14. The molecule has 1 aliphatic carbocycles. The molecule has 0 aromatic carbocycles. The lowest BCUT2D eigenvalue weighted by Crippen LogP contribution is -2.06. The van der Waals surface area contributed by atoms with E-state index in [-0.39, 0.29) is 0 Å². The molecule has 0 saturated heterocycles. The van der Waals surface area contributed by atoms with E-state index in [1.54, 1.807) is 0 Å². The van der Waals surface area contributed by atoms with Crippen molar-refractivity contribution in [3.8, 4) is 0 Å². The summed E-state index contributed by atoms with van der Waals surface area (Å²) >= 11 is 0. The van der Waals surface area contributed by atoms with Gasteiger partial charge >= 0.3 is 0 Å². The summed E-state index contributed by atoms with van der Waals surface area (Å²) in [6.07, 6.45) is 8.48. The minimum atomic E-state index is 0.692. The lowest BCUT2D eigenvalue weighted by molar-refractivity contribution is 0.0887. The normalized spacial score (nSPS) is 16.1. The second-order valence-electron chi connectivity index (χ2n) is 5.14. The molecule has 1 aliphatic rings. The molecule has 18 heavy (non-hydrogen) atoms. The third-order valence-electron chi connectivity index (χ3n) is 3.48. The van der Waals surface area contributed by atoms with Gasteiger partial charge in [0.1, 0.15) is 5.82 Å². The number of ether oxygens (including phenoxy) is 1. The number of anilines is 1. The van der Waals surface area contributed by atoms with E-state index in [1.807, 2.05) is 12.3 Å². The summed E-state index contributed by atoms with van der Waals surface area (Å²) in [5.74, 6) is 1.75. The van der Waals surface area contributed by atoms with E-state index < -0.39 is 0 Å². The highest BCUT2D eigenvalue weighted by molar-refractivity contribution is 5.35. The summed E-state index contributed by atoms with van der Waals surface area (Å²) in [5.41, 5.74) is 1.16. The van der Waals surface area contributed by atoms with Crippen LogP contribution in [0.4, 0.5) is 5.82 Å². The van der Waals surface area contributed by atoms with E-state index in [2.05, 4.69) is 23.3 Å². The summed E-state index contributed by atoms with van der Waals surface area (Å²) in [6, 6.07) is 4.13. The summed E-state index contributed by atoms with van der Waals surface area (Å²) in [5, 5.41) is 3.27. The Kier molecular flexibility index (Phi) is 5.46. The summed E-state index contributed by atoms with van der Waals surface area (Å²) in [6.45, 7) is 4.73. The van der Waals surface area contributed by atoms with Gasteiger partial charge in [0.15, 0.2) is 0 Å². The van der Waals surface area contributed by atoms with Crippen LogP contribution >= 0.6 is 0 Å². The molecule has 0 amide bonds. The fourth-order valence-corrected chi connectivity index (χ4v) is 2.39. The van der Waals surface area contributed by atoms with Gasteiger partial charge in [-0.3, -0.25) is 0 Å². The molecule has 0 atom stereocenters. The number of pyridine rings is 1. The molecule has 1 aromatic rings. The SMILES string of the molecule is CCCNc1ccc(COCC2CCCC2)cn1. The maximum absolute atomic E-state index is 5.76. The molecule has 0 spiro atoms. The molecule has 0 unspecified atom stereocenters. The number of aromatic nitrogens is 1. The second-order valence-corrected chi connectivity index (χ2v) is 5.14. The minimum absolute atomic E-state index is 0.692. The third-order valence-corrected chi connectivity index (χ3v) is 3.48. The molecule has 0 bridgehead atoms. The molecule has 0 aliphatic heterocycles. The molecule has 1 aromatic heterocycles. The van der Waals surface area contributed by atoms with E-state index in [1.165, 1.54) is 25.7 Å². The fourth-order valence-electron chi connectivity index (χ4n) is 2.39. The molecule has 100 valence electrons. The molecular weight excluding hydrogens is 224 g/mol. The molecule has 3 heteroatoms. The topological polar surface area (TPSA) is 34.1 Å². The Bertz CT molecular complexity index is 331. The van der Waals surface area contributed by atoms with Crippen molar-refractivity contribution in [3.63, 3.8) is 0 Å². The maximum atomic E-state index is 5.76. The Morgan fingerprint density at radius 3 is 2.83 bits per heavy atom. The third kappa shape index (κ3) is 4.30. The molecule has 1 heterocycles. The van der Waals surface area contributed by atoms with E-state index >= 15 is 0 Å². The highest BCUT2D eigenvalue weighted by atomic mass is 16.5. The first-order chi connectivity index (χ1) is 8.88. The van der Waals surface area contributed by atoms with Crippen molar-refractivity contribution in [2.45, 2.75) is 45.6 Å². The first kappa shape index (κ1) is 13.3. The van der Waals surface area contributed by atoms with Crippen LogP contribution in [0.25, 0.3) is 0 Å². The predicted molar refractivity (Wildman–Crippen MR) is 74.6 cm³/mol. The van der Waals surface area contributed by atoms with Crippen molar-refractivity contribution < 1.29 is 4.74 Å². The van der Waals surface area contributed by atoms with Gasteiger partial charge in [0.05, 0.1) is 6.61 Å². The molecule has 3 nitrogen and oxygen atoms in total. The first-order valence-corrected chi connectivity index (χ1v) is 7.15. The Hall–Kier alpha value is -1.09. The largest absolute Gasteiger partial charge is 0.376 e. The van der Waals surface area contributed by atoms with Gasteiger partial charge < -0.3 is 10.1 Å². The average Bonchev–Trinajstić information content (AvgIpc) is 2.91.